The van der Waals surface area contributed by atoms with Gasteiger partial charge in [0.1, 0.15) is 4.88 Å². The number of sulfone groups is 1. The van der Waals surface area contributed by atoms with E-state index in [2.05, 4.69) is 18.8 Å². The number of aryl methyl sites for hydroxylation is 1. The largest absolute Gasteiger partial charge is 0.329 e. The number of aromatic nitrogens is 1. The van der Waals surface area contributed by atoms with E-state index in [1.807, 2.05) is 24.4 Å². The first-order valence-corrected chi connectivity index (χ1v) is 11.8. The Kier molecular flexibility index (Phi) is 5.31. The Bertz CT molecular complexity index is 854. The summed E-state index contributed by atoms with van der Waals surface area (Å²) in [4.78, 5) is 21.2. The molecule has 3 heterocycles. The first kappa shape index (κ1) is 18.5. The molecule has 0 aromatic carbocycles. The number of carbonyl (C=O) groups is 1. The smallest absolute Gasteiger partial charge is 0.266 e. The minimum atomic E-state index is -3.06. The molecule has 2 aromatic heterocycles. The summed E-state index contributed by atoms with van der Waals surface area (Å²) in [6, 6.07) is 3.67. The van der Waals surface area contributed by atoms with Crippen molar-refractivity contribution in [1.82, 2.24) is 9.88 Å². The van der Waals surface area contributed by atoms with E-state index >= 15 is 0 Å². The molecule has 1 aliphatic heterocycles. The molecular weight excluding hydrogens is 376 g/mol. The Morgan fingerprint density at radius 3 is 2.72 bits per heavy atom. The highest BCUT2D eigenvalue weighted by Crippen LogP contribution is 2.29. The molecule has 0 spiro atoms. The van der Waals surface area contributed by atoms with Crippen molar-refractivity contribution in [2.24, 2.45) is 0 Å². The van der Waals surface area contributed by atoms with Gasteiger partial charge in [0.05, 0.1) is 28.8 Å². The molecule has 1 saturated heterocycles. The zero-order chi connectivity index (χ0) is 18.2. The van der Waals surface area contributed by atoms with Crippen LogP contribution in [0.2, 0.25) is 0 Å². The van der Waals surface area contributed by atoms with Crippen molar-refractivity contribution in [3.05, 3.63) is 38.0 Å². The summed E-state index contributed by atoms with van der Waals surface area (Å²) in [5, 5.41) is 2.91. The number of thiazole rings is 1. The molecule has 8 heteroatoms. The molecule has 0 aliphatic carbocycles. The van der Waals surface area contributed by atoms with Crippen LogP contribution < -0.4 is 0 Å². The number of carbonyl (C=O) groups excluding carboxylic acids is 1. The molecule has 1 atom stereocenters. The van der Waals surface area contributed by atoms with Gasteiger partial charge in [0.15, 0.2) is 9.84 Å². The molecule has 0 bridgehead atoms. The van der Waals surface area contributed by atoms with Gasteiger partial charge in [0, 0.05) is 16.8 Å². The Labute approximate surface area is 156 Å². The maximum atomic E-state index is 13.2. The number of hydrogen-bond donors (Lipinski definition) is 0. The van der Waals surface area contributed by atoms with Gasteiger partial charge in [-0.2, -0.15) is 0 Å². The van der Waals surface area contributed by atoms with Gasteiger partial charge in [-0.1, -0.05) is 19.9 Å². The molecule has 1 aliphatic rings. The third-order valence-corrected chi connectivity index (χ3v) is 8.38. The molecule has 136 valence electrons. The quantitative estimate of drug-likeness (QED) is 0.773. The third kappa shape index (κ3) is 4.12. The van der Waals surface area contributed by atoms with E-state index < -0.39 is 9.84 Å². The Morgan fingerprint density at radius 1 is 1.44 bits per heavy atom. The lowest BCUT2D eigenvalue weighted by Crippen LogP contribution is -2.40. The topological polar surface area (TPSA) is 67.3 Å². The van der Waals surface area contributed by atoms with Crippen molar-refractivity contribution in [3.8, 4) is 0 Å². The average molecular weight is 399 g/mol. The number of thiophene rings is 1. The molecule has 0 N–H and O–H groups in total. The molecular formula is C17H22N2O3S3. The molecule has 5 nitrogen and oxygen atoms in total. The standard InChI is InChI=1S/C17H22N2O3S3/c1-11(2)16-18-12(3)15(24-16)17(20)19(9-14-5-4-7-23-14)13-6-8-25(21,22)10-13/h4-5,7,11,13H,6,8-10H2,1-3H3/t13-/m1/s1. The minimum Gasteiger partial charge on any atom is -0.329 e. The Hall–Kier alpha value is -1.25. The van der Waals surface area contributed by atoms with Crippen LogP contribution >= 0.6 is 22.7 Å². The van der Waals surface area contributed by atoms with Crippen LogP contribution in [0.5, 0.6) is 0 Å². The Balaban J connectivity index is 1.92. The van der Waals surface area contributed by atoms with Crippen LogP contribution in [0.1, 0.15) is 51.4 Å². The molecule has 1 amide bonds. The van der Waals surface area contributed by atoms with Gasteiger partial charge in [0.25, 0.3) is 5.91 Å². The second kappa shape index (κ2) is 7.17. The highest BCUT2D eigenvalue weighted by Gasteiger charge is 2.36. The number of rotatable bonds is 5. The molecule has 0 saturated carbocycles. The average Bonchev–Trinajstić information content (AvgIpc) is 3.24. The van der Waals surface area contributed by atoms with Crippen LogP contribution in [0.15, 0.2) is 17.5 Å². The zero-order valence-electron chi connectivity index (χ0n) is 14.6. The Morgan fingerprint density at radius 2 is 2.20 bits per heavy atom. The van der Waals surface area contributed by atoms with E-state index in [0.29, 0.717) is 17.8 Å². The summed E-state index contributed by atoms with van der Waals surface area (Å²) in [7, 11) is -3.06. The monoisotopic (exact) mass is 398 g/mol. The van der Waals surface area contributed by atoms with Gasteiger partial charge in [-0.05, 0) is 24.8 Å². The van der Waals surface area contributed by atoms with Crippen molar-refractivity contribution in [2.75, 3.05) is 11.5 Å². The van der Waals surface area contributed by atoms with Crippen molar-refractivity contribution in [3.63, 3.8) is 0 Å². The lowest BCUT2D eigenvalue weighted by atomic mass is 10.2. The molecule has 3 rings (SSSR count). The fourth-order valence-corrected chi connectivity index (χ4v) is 6.41. The van der Waals surface area contributed by atoms with Gasteiger partial charge in [-0.3, -0.25) is 4.79 Å². The lowest BCUT2D eigenvalue weighted by molar-refractivity contribution is 0.0687. The van der Waals surface area contributed by atoms with E-state index in [-0.39, 0.29) is 29.4 Å². The third-order valence-electron chi connectivity index (χ3n) is 4.32. The predicted molar refractivity (Wildman–Crippen MR) is 102 cm³/mol. The van der Waals surface area contributed by atoms with E-state index in [1.165, 1.54) is 11.3 Å². The summed E-state index contributed by atoms with van der Waals surface area (Å²) in [6.45, 7) is 6.41. The molecule has 2 aromatic rings. The van der Waals surface area contributed by atoms with Gasteiger partial charge < -0.3 is 4.90 Å². The normalized spacial score (nSPS) is 19.4. The van der Waals surface area contributed by atoms with E-state index in [0.717, 1.165) is 15.6 Å². The summed E-state index contributed by atoms with van der Waals surface area (Å²) in [5.41, 5.74) is 0.732. The number of hydrogen-bond acceptors (Lipinski definition) is 6. The fourth-order valence-electron chi connectivity index (χ4n) is 2.95. The predicted octanol–water partition coefficient (Wildman–Crippen LogP) is 3.47. The first-order chi connectivity index (χ1) is 11.8. The van der Waals surface area contributed by atoms with Crippen LogP contribution in [-0.4, -0.2) is 41.8 Å². The van der Waals surface area contributed by atoms with Crippen LogP contribution in [0, 0.1) is 6.92 Å². The minimum absolute atomic E-state index is 0.0546. The van der Waals surface area contributed by atoms with E-state index in [9.17, 15) is 13.2 Å². The summed E-state index contributed by atoms with van der Waals surface area (Å²) in [6.07, 6.45) is 0.508. The van der Waals surface area contributed by atoms with Crippen molar-refractivity contribution in [2.45, 2.75) is 45.7 Å². The van der Waals surface area contributed by atoms with Crippen LogP contribution in [0.25, 0.3) is 0 Å². The van der Waals surface area contributed by atoms with Crippen LogP contribution in [-0.2, 0) is 16.4 Å². The second-order valence-corrected chi connectivity index (χ2v) is 11.0. The van der Waals surface area contributed by atoms with E-state index in [4.69, 9.17) is 0 Å². The zero-order valence-corrected chi connectivity index (χ0v) is 17.0. The molecule has 0 radical (unpaired) electrons. The summed E-state index contributed by atoms with van der Waals surface area (Å²) >= 11 is 3.01. The van der Waals surface area contributed by atoms with E-state index in [1.54, 1.807) is 16.2 Å². The fraction of sp³-hybridized carbons (Fsp3) is 0.529. The van der Waals surface area contributed by atoms with Gasteiger partial charge in [0.2, 0.25) is 0 Å². The molecule has 1 fully saturated rings. The van der Waals surface area contributed by atoms with Gasteiger partial charge in [-0.15, -0.1) is 22.7 Å². The highest BCUT2D eigenvalue weighted by atomic mass is 32.2. The number of nitrogens with zero attached hydrogens (tertiary/aromatic N) is 2. The van der Waals surface area contributed by atoms with Gasteiger partial charge >= 0.3 is 0 Å². The maximum Gasteiger partial charge on any atom is 0.266 e. The second-order valence-electron chi connectivity index (χ2n) is 6.69. The number of amides is 1. The van der Waals surface area contributed by atoms with Crippen molar-refractivity contribution >= 4 is 38.4 Å². The van der Waals surface area contributed by atoms with Gasteiger partial charge in [-0.25, -0.2) is 13.4 Å². The van der Waals surface area contributed by atoms with Crippen LogP contribution in [0.4, 0.5) is 0 Å². The SMILES string of the molecule is Cc1nc(C(C)C)sc1C(=O)N(Cc1cccs1)[C@@H]1CCS(=O)(=O)C1. The van der Waals surface area contributed by atoms with Crippen molar-refractivity contribution in [1.29, 1.82) is 0 Å². The highest BCUT2D eigenvalue weighted by molar-refractivity contribution is 7.91. The molecule has 0 unspecified atom stereocenters. The molecule has 25 heavy (non-hydrogen) atoms. The lowest BCUT2D eigenvalue weighted by Gasteiger charge is -2.27. The maximum absolute atomic E-state index is 13.2. The van der Waals surface area contributed by atoms with Crippen molar-refractivity contribution < 1.29 is 13.2 Å². The summed E-state index contributed by atoms with van der Waals surface area (Å²) < 4.78 is 23.8. The van der Waals surface area contributed by atoms with Crippen LogP contribution in [0.3, 0.4) is 0 Å². The summed E-state index contributed by atoms with van der Waals surface area (Å²) in [5.74, 6) is 0.379. The first-order valence-electron chi connectivity index (χ1n) is 8.28.